The van der Waals surface area contributed by atoms with E-state index in [2.05, 4.69) is 24.4 Å². The molecule has 1 aromatic carbocycles. The Labute approximate surface area is 91.7 Å². The Morgan fingerprint density at radius 2 is 1.93 bits per heavy atom. The molecule has 82 valence electrons. The van der Waals surface area contributed by atoms with Crippen LogP contribution in [0.2, 0.25) is 0 Å². The molecule has 1 N–H and O–H groups in total. The zero-order chi connectivity index (χ0) is 11.1. The monoisotopic (exact) mass is 205 g/mol. The topological polar surface area (TPSA) is 29.1 Å². The van der Waals surface area contributed by atoms with Gasteiger partial charge in [-0.25, -0.2) is 0 Å². The van der Waals surface area contributed by atoms with E-state index in [0.29, 0.717) is 6.42 Å². The highest BCUT2D eigenvalue weighted by Crippen LogP contribution is 2.17. The van der Waals surface area contributed by atoms with Crippen LogP contribution in [0.1, 0.15) is 44.7 Å². The van der Waals surface area contributed by atoms with Crippen molar-refractivity contribution in [1.82, 2.24) is 5.32 Å². The van der Waals surface area contributed by atoms with Crippen LogP contribution in [-0.4, -0.2) is 5.91 Å². The van der Waals surface area contributed by atoms with E-state index in [9.17, 15) is 4.79 Å². The summed E-state index contributed by atoms with van der Waals surface area (Å²) in [5.41, 5.74) is 1.20. The third-order valence-electron chi connectivity index (χ3n) is 2.44. The van der Waals surface area contributed by atoms with Crippen molar-refractivity contribution in [1.29, 1.82) is 0 Å². The van der Waals surface area contributed by atoms with Crippen molar-refractivity contribution in [2.45, 2.75) is 39.2 Å². The molecule has 0 aliphatic carbocycles. The summed E-state index contributed by atoms with van der Waals surface area (Å²) in [6.07, 6.45) is 2.62. The lowest BCUT2D eigenvalue weighted by atomic mass is 10.0. The highest BCUT2D eigenvalue weighted by atomic mass is 16.1. The third-order valence-corrected chi connectivity index (χ3v) is 2.44. The van der Waals surface area contributed by atoms with E-state index in [1.807, 2.05) is 25.1 Å². The smallest absolute Gasteiger partial charge is 0.220 e. The highest BCUT2D eigenvalue weighted by Gasteiger charge is 2.11. The predicted octanol–water partition coefficient (Wildman–Crippen LogP) is 3.05. The molecule has 1 rings (SSSR count). The van der Waals surface area contributed by atoms with E-state index >= 15 is 0 Å². The van der Waals surface area contributed by atoms with Crippen LogP contribution in [0.5, 0.6) is 0 Å². The Hall–Kier alpha value is -1.31. The molecule has 0 fully saturated rings. The molecule has 0 aromatic heterocycles. The number of hydrogen-bond donors (Lipinski definition) is 1. The quantitative estimate of drug-likeness (QED) is 0.786. The van der Waals surface area contributed by atoms with Crippen molar-refractivity contribution >= 4 is 5.91 Å². The largest absolute Gasteiger partial charge is 0.349 e. The summed E-state index contributed by atoms with van der Waals surface area (Å²) in [6.45, 7) is 4.01. The second-order valence-electron chi connectivity index (χ2n) is 3.67. The summed E-state index contributed by atoms with van der Waals surface area (Å²) in [5, 5.41) is 3.04. The molecule has 0 saturated carbocycles. The molecule has 2 nitrogen and oxygen atoms in total. The summed E-state index contributed by atoms with van der Waals surface area (Å²) in [7, 11) is 0. The lowest BCUT2D eigenvalue weighted by Gasteiger charge is -2.18. The van der Waals surface area contributed by atoms with E-state index in [1.165, 1.54) is 5.56 Å². The Morgan fingerprint density at radius 1 is 1.27 bits per heavy atom. The van der Waals surface area contributed by atoms with Crippen LogP contribution in [0, 0.1) is 0 Å². The minimum absolute atomic E-state index is 0.123. The Kier molecular flexibility index (Phi) is 4.88. The standard InChI is InChI=1S/C13H19NO/c1-3-8-12(14-13(15)4-2)11-9-6-5-7-10-11/h5-7,9-10,12H,3-4,8H2,1-2H3,(H,14,15). The van der Waals surface area contributed by atoms with Crippen LogP contribution in [0.15, 0.2) is 30.3 Å². The molecule has 0 bridgehead atoms. The minimum atomic E-state index is 0.123. The molecule has 1 atom stereocenters. The maximum absolute atomic E-state index is 11.4. The number of amides is 1. The fourth-order valence-electron chi connectivity index (χ4n) is 1.59. The van der Waals surface area contributed by atoms with Crippen molar-refractivity contribution in [3.63, 3.8) is 0 Å². The summed E-state index contributed by atoms with van der Waals surface area (Å²) in [4.78, 5) is 11.4. The lowest BCUT2D eigenvalue weighted by Crippen LogP contribution is -2.27. The number of nitrogens with one attached hydrogen (secondary N) is 1. The Bertz CT molecular complexity index is 295. The van der Waals surface area contributed by atoms with Crippen LogP contribution in [0.25, 0.3) is 0 Å². The van der Waals surface area contributed by atoms with Crippen LogP contribution in [-0.2, 0) is 4.79 Å². The number of rotatable bonds is 5. The van der Waals surface area contributed by atoms with E-state index in [1.54, 1.807) is 0 Å². The van der Waals surface area contributed by atoms with Crippen LogP contribution < -0.4 is 5.32 Å². The summed E-state index contributed by atoms with van der Waals surface area (Å²) in [5.74, 6) is 0.123. The molecule has 0 spiro atoms. The Balaban J connectivity index is 2.70. The van der Waals surface area contributed by atoms with Gasteiger partial charge in [0.15, 0.2) is 0 Å². The fourth-order valence-corrected chi connectivity index (χ4v) is 1.59. The molecule has 0 aliphatic rings. The van der Waals surface area contributed by atoms with Gasteiger partial charge in [-0.2, -0.15) is 0 Å². The zero-order valence-electron chi connectivity index (χ0n) is 9.49. The van der Waals surface area contributed by atoms with Crippen molar-refractivity contribution in [2.75, 3.05) is 0 Å². The minimum Gasteiger partial charge on any atom is -0.349 e. The van der Waals surface area contributed by atoms with Gasteiger partial charge in [-0.05, 0) is 12.0 Å². The van der Waals surface area contributed by atoms with Gasteiger partial charge in [0, 0.05) is 6.42 Å². The second kappa shape index (κ2) is 6.23. The molecule has 0 radical (unpaired) electrons. The molecule has 2 heteroatoms. The van der Waals surface area contributed by atoms with Crippen LogP contribution >= 0.6 is 0 Å². The number of hydrogen-bond acceptors (Lipinski definition) is 1. The first kappa shape index (κ1) is 11.8. The van der Waals surface area contributed by atoms with Gasteiger partial charge < -0.3 is 5.32 Å². The Morgan fingerprint density at radius 3 is 2.47 bits per heavy atom. The van der Waals surface area contributed by atoms with E-state index in [-0.39, 0.29) is 11.9 Å². The SMILES string of the molecule is CCCC(NC(=O)CC)c1ccccc1. The average molecular weight is 205 g/mol. The number of carbonyl (C=O) groups is 1. The molecule has 0 saturated heterocycles. The summed E-state index contributed by atoms with van der Waals surface area (Å²) < 4.78 is 0. The predicted molar refractivity (Wildman–Crippen MR) is 62.5 cm³/mol. The van der Waals surface area contributed by atoms with Crippen LogP contribution in [0.3, 0.4) is 0 Å². The fraction of sp³-hybridized carbons (Fsp3) is 0.462. The van der Waals surface area contributed by atoms with Gasteiger partial charge in [-0.15, -0.1) is 0 Å². The number of benzene rings is 1. The van der Waals surface area contributed by atoms with Crippen molar-refractivity contribution in [3.05, 3.63) is 35.9 Å². The number of carbonyl (C=O) groups excluding carboxylic acids is 1. The summed E-state index contributed by atoms with van der Waals surface area (Å²) in [6, 6.07) is 10.3. The van der Waals surface area contributed by atoms with Gasteiger partial charge in [0.25, 0.3) is 0 Å². The van der Waals surface area contributed by atoms with Gasteiger partial charge >= 0.3 is 0 Å². The van der Waals surface area contributed by atoms with Crippen LogP contribution in [0.4, 0.5) is 0 Å². The van der Waals surface area contributed by atoms with Crippen molar-refractivity contribution in [3.8, 4) is 0 Å². The third kappa shape index (κ3) is 3.74. The van der Waals surface area contributed by atoms with Gasteiger partial charge in [0.2, 0.25) is 5.91 Å². The normalized spacial score (nSPS) is 12.1. The van der Waals surface area contributed by atoms with E-state index < -0.39 is 0 Å². The highest BCUT2D eigenvalue weighted by molar-refractivity contribution is 5.76. The molecule has 1 amide bonds. The van der Waals surface area contributed by atoms with Gasteiger partial charge in [0.05, 0.1) is 6.04 Å². The maximum atomic E-state index is 11.4. The van der Waals surface area contributed by atoms with E-state index in [4.69, 9.17) is 0 Å². The van der Waals surface area contributed by atoms with Gasteiger partial charge in [0.1, 0.15) is 0 Å². The molecule has 1 aromatic rings. The molecule has 15 heavy (non-hydrogen) atoms. The first-order valence-electron chi connectivity index (χ1n) is 5.62. The van der Waals surface area contributed by atoms with Crippen molar-refractivity contribution < 1.29 is 4.79 Å². The van der Waals surface area contributed by atoms with E-state index in [0.717, 1.165) is 12.8 Å². The molecular formula is C13H19NO. The van der Waals surface area contributed by atoms with Gasteiger partial charge in [-0.3, -0.25) is 4.79 Å². The maximum Gasteiger partial charge on any atom is 0.220 e. The van der Waals surface area contributed by atoms with Crippen molar-refractivity contribution in [2.24, 2.45) is 0 Å². The first-order valence-corrected chi connectivity index (χ1v) is 5.62. The molecular weight excluding hydrogens is 186 g/mol. The molecule has 0 aliphatic heterocycles. The zero-order valence-corrected chi connectivity index (χ0v) is 9.49. The lowest BCUT2D eigenvalue weighted by molar-refractivity contribution is -0.121. The second-order valence-corrected chi connectivity index (χ2v) is 3.67. The molecule has 1 unspecified atom stereocenters. The first-order chi connectivity index (χ1) is 7.27. The average Bonchev–Trinajstić information content (AvgIpc) is 2.29. The van der Waals surface area contributed by atoms with Gasteiger partial charge in [-0.1, -0.05) is 50.6 Å². The molecule has 0 heterocycles. The summed E-state index contributed by atoms with van der Waals surface area (Å²) >= 11 is 0.